The SMILES string of the molecule is CCCCc1ncc(CN2CCN(c3ncnc4nc[nH]c34)CC2)[nH]1. The first-order chi connectivity index (χ1) is 12.3. The zero-order valence-electron chi connectivity index (χ0n) is 14.6. The van der Waals surface area contributed by atoms with Crippen molar-refractivity contribution in [3.63, 3.8) is 0 Å². The zero-order valence-corrected chi connectivity index (χ0v) is 14.6. The highest BCUT2D eigenvalue weighted by Crippen LogP contribution is 2.21. The molecule has 0 unspecified atom stereocenters. The largest absolute Gasteiger partial charge is 0.352 e. The number of hydrogen-bond acceptors (Lipinski definition) is 6. The minimum absolute atomic E-state index is 0.726. The van der Waals surface area contributed by atoms with Crippen LogP contribution in [0, 0.1) is 0 Å². The van der Waals surface area contributed by atoms with Crippen molar-refractivity contribution in [1.29, 1.82) is 0 Å². The molecule has 0 saturated carbocycles. The van der Waals surface area contributed by atoms with Gasteiger partial charge in [-0.25, -0.2) is 19.9 Å². The van der Waals surface area contributed by atoms with Gasteiger partial charge in [-0.15, -0.1) is 0 Å². The van der Waals surface area contributed by atoms with Gasteiger partial charge in [0, 0.05) is 51.0 Å². The average molecular weight is 340 g/mol. The number of aromatic amines is 2. The first kappa shape index (κ1) is 16.0. The second-order valence-corrected chi connectivity index (χ2v) is 6.52. The van der Waals surface area contributed by atoms with Crippen LogP contribution in [-0.2, 0) is 13.0 Å². The van der Waals surface area contributed by atoms with Crippen LogP contribution in [0.4, 0.5) is 5.82 Å². The summed E-state index contributed by atoms with van der Waals surface area (Å²) in [7, 11) is 0. The van der Waals surface area contributed by atoms with Gasteiger partial charge in [-0.2, -0.15) is 0 Å². The molecule has 0 atom stereocenters. The van der Waals surface area contributed by atoms with E-state index in [1.54, 1.807) is 12.7 Å². The Bertz CT molecular complexity index is 815. The minimum Gasteiger partial charge on any atom is -0.352 e. The van der Waals surface area contributed by atoms with E-state index in [2.05, 4.69) is 46.6 Å². The van der Waals surface area contributed by atoms with Gasteiger partial charge in [0.05, 0.1) is 6.33 Å². The Balaban J connectivity index is 1.35. The Labute approximate surface area is 146 Å². The number of unbranched alkanes of at least 4 members (excludes halogenated alkanes) is 1. The Morgan fingerprint density at radius 2 is 1.96 bits per heavy atom. The van der Waals surface area contributed by atoms with E-state index in [-0.39, 0.29) is 0 Å². The number of fused-ring (bicyclic) bond motifs is 1. The van der Waals surface area contributed by atoms with Crippen molar-refractivity contribution in [3.8, 4) is 0 Å². The lowest BCUT2D eigenvalue weighted by molar-refractivity contribution is 0.247. The van der Waals surface area contributed by atoms with Crippen LogP contribution in [0.5, 0.6) is 0 Å². The van der Waals surface area contributed by atoms with E-state index in [0.717, 1.165) is 62.0 Å². The van der Waals surface area contributed by atoms with E-state index < -0.39 is 0 Å². The monoisotopic (exact) mass is 340 g/mol. The number of rotatable bonds is 6. The fourth-order valence-corrected chi connectivity index (χ4v) is 3.31. The summed E-state index contributed by atoms with van der Waals surface area (Å²) in [4.78, 5) is 28.7. The Morgan fingerprint density at radius 1 is 1.08 bits per heavy atom. The molecule has 0 radical (unpaired) electrons. The predicted octanol–water partition coefficient (Wildman–Crippen LogP) is 1.74. The quantitative estimate of drug-likeness (QED) is 0.710. The van der Waals surface area contributed by atoms with Crippen molar-refractivity contribution in [2.24, 2.45) is 0 Å². The van der Waals surface area contributed by atoms with Gasteiger partial charge >= 0.3 is 0 Å². The van der Waals surface area contributed by atoms with Crippen molar-refractivity contribution < 1.29 is 0 Å². The van der Waals surface area contributed by atoms with Crippen LogP contribution in [0.2, 0.25) is 0 Å². The molecule has 3 aromatic heterocycles. The highest BCUT2D eigenvalue weighted by Gasteiger charge is 2.21. The third kappa shape index (κ3) is 3.48. The van der Waals surface area contributed by atoms with Gasteiger partial charge in [-0.1, -0.05) is 13.3 Å². The normalized spacial score (nSPS) is 16.0. The van der Waals surface area contributed by atoms with Crippen LogP contribution < -0.4 is 4.90 Å². The number of imidazole rings is 2. The van der Waals surface area contributed by atoms with E-state index in [9.17, 15) is 0 Å². The number of hydrogen-bond donors (Lipinski definition) is 2. The molecule has 1 aliphatic heterocycles. The van der Waals surface area contributed by atoms with Gasteiger partial charge in [-0.3, -0.25) is 4.90 Å². The van der Waals surface area contributed by atoms with E-state index >= 15 is 0 Å². The van der Waals surface area contributed by atoms with Crippen LogP contribution in [-0.4, -0.2) is 61.0 Å². The summed E-state index contributed by atoms with van der Waals surface area (Å²) in [5, 5.41) is 0. The van der Waals surface area contributed by atoms with E-state index in [1.807, 2.05) is 6.20 Å². The summed E-state index contributed by atoms with van der Waals surface area (Å²) in [6, 6.07) is 0. The Morgan fingerprint density at radius 3 is 2.80 bits per heavy atom. The average Bonchev–Trinajstić information content (AvgIpc) is 3.29. The third-order valence-electron chi connectivity index (χ3n) is 4.72. The summed E-state index contributed by atoms with van der Waals surface area (Å²) in [6.45, 7) is 7.03. The maximum Gasteiger partial charge on any atom is 0.182 e. The molecule has 0 aromatic carbocycles. The standard InChI is InChI=1S/C17H24N8/c1-2-3-4-14-18-9-13(23-14)10-24-5-7-25(8-6-24)17-15-16(20-11-19-15)21-12-22-17/h9,11-12H,2-8,10H2,1H3,(H,18,23)(H,19,20,21,22). The van der Waals surface area contributed by atoms with Crippen molar-refractivity contribution in [2.45, 2.75) is 32.7 Å². The van der Waals surface area contributed by atoms with E-state index in [0.29, 0.717) is 0 Å². The molecule has 8 heteroatoms. The number of anilines is 1. The summed E-state index contributed by atoms with van der Waals surface area (Å²) >= 11 is 0. The molecule has 3 aromatic rings. The highest BCUT2D eigenvalue weighted by atomic mass is 15.3. The van der Waals surface area contributed by atoms with E-state index in [1.165, 1.54) is 18.5 Å². The fraction of sp³-hybridized carbons (Fsp3) is 0.529. The molecular weight excluding hydrogens is 316 g/mol. The topological polar surface area (TPSA) is 89.6 Å². The Hall–Kier alpha value is -2.48. The van der Waals surface area contributed by atoms with E-state index in [4.69, 9.17) is 0 Å². The van der Waals surface area contributed by atoms with Gasteiger partial charge < -0.3 is 14.9 Å². The molecule has 2 N–H and O–H groups in total. The lowest BCUT2D eigenvalue weighted by Gasteiger charge is -2.35. The Kier molecular flexibility index (Phi) is 4.60. The molecular formula is C17H24N8. The second-order valence-electron chi connectivity index (χ2n) is 6.52. The van der Waals surface area contributed by atoms with Crippen LogP contribution in [0.15, 0.2) is 18.9 Å². The number of aryl methyl sites for hydroxylation is 1. The van der Waals surface area contributed by atoms with Gasteiger partial charge in [0.25, 0.3) is 0 Å². The van der Waals surface area contributed by atoms with Crippen molar-refractivity contribution in [2.75, 3.05) is 31.1 Å². The maximum atomic E-state index is 4.49. The number of nitrogens with zero attached hydrogens (tertiary/aromatic N) is 6. The first-order valence-corrected chi connectivity index (χ1v) is 8.97. The fourth-order valence-electron chi connectivity index (χ4n) is 3.31. The summed E-state index contributed by atoms with van der Waals surface area (Å²) in [5.74, 6) is 2.06. The van der Waals surface area contributed by atoms with Crippen molar-refractivity contribution in [1.82, 2.24) is 34.8 Å². The van der Waals surface area contributed by atoms with Crippen LogP contribution >= 0.6 is 0 Å². The molecule has 132 valence electrons. The molecule has 1 fully saturated rings. The maximum absolute atomic E-state index is 4.49. The molecule has 25 heavy (non-hydrogen) atoms. The van der Waals surface area contributed by atoms with Crippen LogP contribution in [0.25, 0.3) is 11.2 Å². The lowest BCUT2D eigenvalue weighted by Crippen LogP contribution is -2.46. The molecule has 4 rings (SSSR count). The predicted molar refractivity (Wildman–Crippen MR) is 96.4 cm³/mol. The van der Waals surface area contributed by atoms with Gasteiger partial charge in [0.1, 0.15) is 17.7 Å². The molecule has 0 spiro atoms. The molecule has 8 nitrogen and oxygen atoms in total. The lowest BCUT2D eigenvalue weighted by atomic mass is 10.2. The number of piperazine rings is 1. The van der Waals surface area contributed by atoms with Crippen LogP contribution in [0.3, 0.4) is 0 Å². The van der Waals surface area contributed by atoms with Gasteiger partial charge in [0.15, 0.2) is 11.5 Å². The third-order valence-corrected chi connectivity index (χ3v) is 4.72. The molecule has 0 bridgehead atoms. The van der Waals surface area contributed by atoms with Gasteiger partial charge in [0.2, 0.25) is 0 Å². The number of H-pyrrole nitrogens is 2. The second kappa shape index (κ2) is 7.18. The molecule has 0 aliphatic carbocycles. The van der Waals surface area contributed by atoms with Gasteiger partial charge in [-0.05, 0) is 6.42 Å². The van der Waals surface area contributed by atoms with Crippen molar-refractivity contribution in [3.05, 3.63) is 30.4 Å². The number of aromatic nitrogens is 6. The molecule has 1 saturated heterocycles. The van der Waals surface area contributed by atoms with Crippen molar-refractivity contribution >= 4 is 17.0 Å². The minimum atomic E-state index is 0.726. The van der Waals surface area contributed by atoms with Crippen LogP contribution in [0.1, 0.15) is 31.3 Å². The number of nitrogens with one attached hydrogen (secondary N) is 2. The summed E-state index contributed by atoms with van der Waals surface area (Å²) in [5.41, 5.74) is 2.85. The first-order valence-electron chi connectivity index (χ1n) is 8.97. The summed E-state index contributed by atoms with van der Waals surface area (Å²) in [6.07, 6.45) is 8.67. The summed E-state index contributed by atoms with van der Waals surface area (Å²) < 4.78 is 0. The zero-order chi connectivity index (χ0) is 17.1. The molecule has 1 aliphatic rings. The molecule has 0 amide bonds. The smallest absolute Gasteiger partial charge is 0.182 e. The molecule has 4 heterocycles. The highest BCUT2D eigenvalue weighted by molar-refractivity contribution is 5.82.